The van der Waals surface area contributed by atoms with E-state index in [0.29, 0.717) is 11.4 Å². The minimum Gasteiger partial charge on any atom is -0.384 e. The molecule has 19 heavy (non-hydrogen) atoms. The van der Waals surface area contributed by atoms with Crippen molar-refractivity contribution in [1.29, 1.82) is 0 Å². The average molecular weight is 280 g/mol. The largest absolute Gasteiger partial charge is 0.384 e. The molecule has 1 atom stereocenters. The quantitative estimate of drug-likeness (QED) is 0.832. The van der Waals surface area contributed by atoms with Gasteiger partial charge in [0.05, 0.1) is 12.0 Å². The molecule has 0 bridgehead atoms. The Morgan fingerprint density at radius 1 is 1.42 bits per heavy atom. The molecule has 0 fully saturated rings. The van der Waals surface area contributed by atoms with Crippen molar-refractivity contribution in [3.8, 4) is 0 Å². The molecule has 2 rings (SSSR count). The van der Waals surface area contributed by atoms with E-state index < -0.39 is 5.60 Å². The number of hydrogen-bond donors (Lipinski definition) is 2. The highest BCUT2D eigenvalue weighted by Gasteiger charge is 2.25. The summed E-state index contributed by atoms with van der Waals surface area (Å²) >= 11 is 6.00. The van der Waals surface area contributed by atoms with Crippen LogP contribution in [0.25, 0.3) is 0 Å². The van der Waals surface area contributed by atoms with E-state index in [1.54, 1.807) is 12.1 Å². The predicted molar refractivity (Wildman–Crippen MR) is 76.1 cm³/mol. The number of amides is 1. The molecule has 0 radical (unpaired) electrons. The van der Waals surface area contributed by atoms with Gasteiger partial charge in [-0.2, -0.15) is 0 Å². The maximum Gasteiger partial charge on any atom is 0.224 e. The Morgan fingerprint density at radius 3 is 2.89 bits per heavy atom. The fraction of sp³-hybridized carbons (Fsp3) is 0.400. The second-order valence-electron chi connectivity index (χ2n) is 4.94. The van der Waals surface area contributed by atoms with E-state index in [9.17, 15) is 9.90 Å². The van der Waals surface area contributed by atoms with Crippen LogP contribution in [-0.2, 0) is 11.2 Å². The summed E-state index contributed by atoms with van der Waals surface area (Å²) in [6.07, 6.45) is 6.62. The Labute approximate surface area is 118 Å². The fourth-order valence-corrected chi connectivity index (χ4v) is 2.39. The molecular weight excluding hydrogens is 262 g/mol. The lowest BCUT2D eigenvalue weighted by atomic mass is 9.91. The average Bonchev–Trinajstić information content (AvgIpc) is 2.40. The Hall–Kier alpha value is -1.32. The Kier molecular flexibility index (Phi) is 4.61. The number of aliphatic hydroxyl groups is 1. The number of rotatable bonds is 4. The zero-order chi connectivity index (χ0) is 13.7. The van der Waals surface area contributed by atoms with Crippen LogP contribution < -0.4 is 5.32 Å². The van der Waals surface area contributed by atoms with E-state index in [1.165, 1.54) is 0 Å². The first-order valence-corrected chi connectivity index (χ1v) is 6.87. The van der Waals surface area contributed by atoms with Crippen LogP contribution in [0.2, 0.25) is 5.02 Å². The molecule has 1 amide bonds. The predicted octanol–water partition coefficient (Wildman–Crippen LogP) is 2.47. The van der Waals surface area contributed by atoms with Gasteiger partial charge >= 0.3 is 0 Å². The number of carbonyl (C=O) groups is 1. The summed E-state index contributed by atoms with van der Waals surface area (Å²) in [5.41, 5.74) is -0.0955. The zero-order valence-electron chi connectivity index (χ0n) is 10.7. The van der Waals surface area contributed by atoms with Gasteiger partial charge in [-0.15, -0.1) is 0 Å². The van der Waals surface area contributed by atoms with Crippen LogP contribution in [0.4, 0.5) is 0 Å². The first-order chi connectivity index (χ1) is 9.09. The van der Waals surface area contributed by atoms with Gasteiger partial charge in [0, 0.05) is 11.6 Å². The van der Waals surface area contributed by atoms with E-state index >= 15 is 0 Å². The third-order valence-electron chi connectivity index (χ3n) is 3.31. The van der Waals surface area contributed by atoms with Gasteiger partial charge in [-0.05, 0) is 30.9 Å². The van der Waals surface area contributed by atoms with Gasteiger partial charge in [-0.25, -0.2) is 0 Å². The lowest BCUT2D eigenvalue weighted by Gasteiger charge is -2.27. The van der Waals surface area contributed by atoms with Crippen LogP contribution in [0, 0.1) is 0 Å². The second-order valence-corrected chi connectivity index (χ2v) is 5.35. The van der Waals surface area contributed by atoms with Crippen LogP contribution in [0.5, 0.6) is 0 Å². The van der Waals surface area contributed by atoms with Gasteiger partial charge in [0.15, 0.2) is 0 Å². The molecule has 1 aliphatic rings. The fourth-order valence-electron chi connectivity index (χ4n) is 2.19. The third kappa shape index (κ3) is 4.08. The Bertz CT molecular complexity index is 487. The summed E-state index contributed by atoms with van der Waals surface area (Å²) in [7, 11) is 0. The molecule has 0 heterocycles. The van der Waals surface area contributed by atoms with E-state index in [0.717, 1.165) is 18.4 Å². The molecule has 0 saturated heterocycles. The summed E-state index contributed by atoms with van der Waals surface area (Å²) < 4.78 is 0. The second kappa shape index (κ2) is 6.22. The normalized spacial score (nSPS) is 22.2. The number of nitrogens with one attached hydrogen (secondary N) is 1. The van der Waals surface area contributed by atoms with Gasteiger partial charge in [-0.3, -0.25) is 4.79 Å². The van der Waals surface area contributed by atoms with Gasteiger partial charge in [0.25, 0.3) is 0 Å². The number of carbonyl (C=O) groups excluding carboxylic acids is 1. The number of allylic oxidation sites excluding steroid dienone is 1. The van der Waals surface area contributed by atoms with Crippen molar-refractivity contribution in [3.63, 3.8) is 0 Å². The van der Waals surface area contributed by atoms with Crippen molar-refractivity contribution in [1.82, 2.24) is 5.32 Å². The number of benzene rings is 1. The minimum absolute atomic E-state index is 0.125. The molecule has 4 heteroatoms. The molecule has 2 N–H and O–H groups in total. The molecule has 0 saturated carbocycles. The van der Waals surface area contributed by atoms with Crippen molar-refractivity contribution in [3.05, 3.63) is 47.0 Å². The smallest absolute Gasteiger partial charge is 0.224 e. The van der Waals surface area contributed by atoms with Crippen LogP contribution in [0.1, 0.15) is 24.8 Å². The van der Waals surface area contributed by atoms with Crippen molar-refractivity contribution in [2.24, 2.45) is 0 Å². The maximum atomic E-state index is 11.8. The van der Waals surface area contributed by atoms with Crippen LogP contribution in [0.3, 0.4) is 0 Å². The molecule has 102 valence electrons. The molecule has 1 aromatic carbocycles. The first kappa shape index (κ1) is 14.1. The van der Waals surface area contributed by atoms with Crippen molar-refractivity contribution < 1.29 is 9.90 Å². The maximum absolute atomic E-state index is 11.8. The summed E-state index contributed by atoms with van der Waals surface area (Å²) in [5.74, 6) is -0.125. The standard InChI is InChI=1S/C15H18ClNO2/c16-13-7-3-2-6-12(13)10-14(18)17-11-15(19)8-4-1-5-9-15/h2-4,6-8,19H,1,5,9-11H2,(H,17,18). The summed E-state index contributed by atoms with van der Waals surface area (Å²) in [4.78, 5) is 11.8. The molecule has 1 unspecified atom stereocenters. The zero-order valence-corrected chi connectivity index (χ0v) is 11.5. The SMILES string of the molecule is O=C(Cc1ccccc1Cl)NCC1(O)C=CCCC1. The molecule has 1 aliphatic carbocycles. The third-order valence-corrected chi connectivity index (χ3v) is 3.68. The van der Waals surface area contributed by atoms with Gasteiger partial charge < -0.3 is 10.4 Å². The van der Waals surface area contributed by atoms with Crippen LogP contribution >= 0.6 is 11.6 Å². The Balaban J connectivity index is 1.87. The molecule has 0 aliphatic heterocycles. The highest BCUT2D eigenvalue weighted by molar-refractivity contribution is 6.31. The van der Waals surface area contributed by atoms with Crippen LogP contribution in [-0.4, -0.2) is 23.2 Å². The number of hydrogen-bond acceptors (Lipinski definition) is 2. The molecule has 0 aromatic heterocycles. The van der Waals surface area contributed by atoms with E-state index in [4.69, 9.17) is 11.6 Å². The summed E-state index contributed by atoms with van der Waals surface area (Å²) in [5, 5.41) is 13.6. The van der Waals surface area contributed by atoms with Crippen molar-refractivity contribution >= 4 is 17.5 Å². The summed E-state index contributed by atoms with van der Waals surface area (Å²) in [6, 6.07) is 7.28. The lowest BCUT2D eigenvalue weighted by molar-refractivity contribution is -0.121. The highest BCUT2D eigenvalue weighted by atomic mass is 35.5. The Morgan fingerprint density at radius 2 is 2.21 bits per heavy atom. The highest BCUT2D eigenvalue weighted by Crippen LogP contribution is 2.21. The van der Waals surface area contributed by atoms with Crippen molar-refractivity contribution in [2.45, 2.75) is 31.3 Å². The summed E-state index contributed by atoms with van der Waals surface area (Å²) in [6.45, 7) is 0.257. The lowest BCUT2D eigenvalue weighted by Crippen LogP contribution is -2.42. The number of halogens is 1. The van der Waals surface area contributed by atoms with Crippen molar-refractivity contribution in [2.75, 3.05) is 6.54 Å². The van der Waals surface area contributed by atoms with Gasteiger partial charge in [-0.1, -0.05) is 42.0 Å². The first-order valence-electron chi connectivity index (χ1n) is 6.49. The van der Waals surface area contributed by atoms with Gasteiger partial charge in [0.2, 0.25) is 5.91 Å². The molecule has 3 nitrogen and oxygen atoms in total. The van der Waals surface area contributed by atoms with E-state index in [1.807, 2.05) is 24.3 Å². The minimum atomic E-state index is -0.894. The van der Waals surface area contributed by atoms with Crippen LogP contribution in [0.15, 0.2) is 36.4 Å². The molecular formula is C15H18ClNO2. The van der Waals surface area contributed by atoms with E-state index in [2.05, 4.69) is 5.32 Å². The molecule has 1 aromatic rings. The monoisotopic (exact) mass is 279 g/mol. The van der Waals surface area contributed by atoms with Gasteiger partial charge in [0.1, 0.15) is 0 Å². The molecule has 0 spiro atoms. The topological polar surface area (TPSA) is 49.3 Å². The van der Waals surface area contributed by atoms with E-state index in [-0.39, 0.29) is 18.9 Å².